The first kappa shape index (κ1) is 13.0. The molecule has 1 N–H and O–H groups in total. The van der Waals surface area contributed by atoms with Crippen molar-refractivity contribution >= 4 is 45.3 Å². The third kappa shape index (κ3) is 2.64. The SMILES string of the molecule is Cc1ncsc1CNC1CCCc2sc(I)cc21. The van der Waals surface area contributed by atoms with Gasteiger partial charge < -0.3 is 5.32 Å². The van der Waals surface area contributed by atoms with Crippen LogP contribution in [-0.2, 0) is 13.0 Å². The number of aromatic nitrogens is 1. The van der Waals surface area contributed by atoms with Crippen molar-refractivity contribution in [1.29, 1.82) is 0 Å². The van der Waals surface area contributed by atoms with Gasteiger partial charge in [0, 0.05) is 22.3 Å². The highest BCUT2D eigenvalue weighted by atomic mass is 127. The van der Waals surface area contributed by atoms with Crippen LogP contribution in [0.1, 0.15) is 39.9 Å². The van der Waals surface area contributed by atoms with Crippen molar-refractivity contribution in [3.05, 3.63) is 35.5 Å². The molecule has 5 heteroatoms. The fourth-order valence-electron chi connectivity index (χ4n) is 2.45. The zero-order chi connectivity index (χ0) is 12.5. The molecule has 96 valence electrons. The number of rotatable bonds is 3. The van der Waals surface area contributed by atoms with Crippen LogP contribution in [-0.4, -0.2) is 4.98 Å². The van der Waals surface area contributed by atoms with E-state index in [1.807, 2.05) is 16.8 Å². The maximum Gasteiger partial charge on any atom is 0.0798 e. The number of nitrogens with zero attached hydrogens (tertiary/aromatic N) is 1. The molecule has 1 unspecified atom stereocenters. The van der Waals surface area contributed by atoms with Gasteiger partial charge in [0.25, 0.3) is 0 Å². The first-order chi connectivity index (χ1) is 8.74. The molecule has 0 saturated carbocycles. The third-order valence-corrected chi connectivity index (χ3v) is 6.34. The smallest absolute Gasteiger partial charge is 0.0798 e. The summed E-state index contributed by atoms with van der Waals surface area (Å²) in [4.78, 5) is 7.26. The van der Waals surface area contributed by atoms with E-state index in [-0.39, 0.29) is 0 Å². The number of hydrogen-bond donors (Lipinski definition) is 1. The molecule has 0 bridgehead atoms. The molecular formula is C13H15IN2S2. The lowest BCUT2D eigenvalue weighted by Crippen LogP contribution is -2.23. The molecule has 0 aromatic carbocycles. The summed E-state index contributed by atoms with van der Waals surface area (Å²) < 4.78 is 1.42. The quantitative estimate of drug-likeness (QED) is 0.792. The summed E-state index contributed by atoms with van der Waals surface area (Å²) in [6.45, 7) is 3.04. The van der Waals surface area contributed by atoms with Crippen LogP contribution < -0.4 is 5.32 Å². The van der Waals surface area contributed by atoms with Gasteiger partial charge in [-0.1, -0.05) is 0 Å². The Morgan fingerprint density at radius 3 is 3.22 bits per heavy atom. The largest absolute Gasteiger partial charge is 0.305 e. The Morgan fingerprint density at radius 2 is 2.44 bits per heavy atom. The molecule has 1 aliphatic carbocycles. The number of fused-ring (bicyclic) bond motifs is 1. The van der Waals surface area contributed by atoms with Gasteiger partial charge >= 0.3 is 0 Å². The summed E-state index contributed by atoms with van der Waals surface area (Å²) in [5.74, 6) is 0. The van der Waals surface area contributed by atoms with Crippen molar-refractivity contribution in [2.24, 2.45) is 0 Å². The summed E-state index contributed by atoms with van der Waals surface area (Å²) >= 11 is 6.15. The van der Waals surface area contributed by atoms with Gasteiger partial charge in [-0.05, 0) is 60.4 Å². The van der Waals surface area contributed by atoms with Gasteiger partial charge in [0.15, 0.2) is 0 Å². The van der Waals surface area contributed by atoms with E-state index in [0.29, 0.717) is 6.04 Å². The van der Waals surface area contributed by atoms with Crippen molar-refractivity contribution < 1.29 is 0 Å². The molecule has 2 nitrogen and oxygen atoms in total. The Labute approximate surface area is 129 Å². The highest BCUT2D eigenvalue weighted by Crippen LogP contribution is 2.36. The summed E-state index contributed by atoms with van der Waals surface area (Å²) in [7, 11) is 0. The van der Waals surface area contributed by atoms with E-state index in [1.165, 1.54) is 38.3 Å². The van der Waals surface area contributed by atoms with E-state index in [0.717, 1.165) is 6.54 Å². The molecule has 2 heterocycles. The fraction of sp³-hybridized carbons (Fsp3) is 0.462. The van der Waals surface area contributed by atoms with Crippen LogP contribution in [0.5, 0.6) is 0 Å². The molecule has 0 amide bonds. The topological polar surface area (TPSA) is 24.9 Å². The number of halogens is 1. The number of nitrogens with one attached hydrogen (secondary N) is 1. The standard InChI is InChI=1S/C13H15IN2S2/c1-8-12(17-7-16-8)6-15-10-3-2-4-11-9(10)5-13(14)18-11/h5,7,10,15H,2-4,6H2,1H3. The number of thiophene rings is 1. The highest BCUT2D eigenvalue weighted by molar-refractivity contribution is 14.1. The minimum absolute atomic E-state index is 0.537. The van der Waals surface area contributed by atoms with E-state index < -0.39 is 0 Å². The Morgan fingerprint density at radius 1 is 1.56 bits per heavy atom. The molecule has 0 fully saturated rings. The van der Waals surface area contributed by atoms with Crippen LogP contribution >= 0.6 is 45.3 Å². The first-order valence-corrected chi connectivity index (χ1v) is 8.92. The average Bonchev–Trinajstić information content (AvgIpc) is 2.91. The van der Waals surface area contributed by atoms with Crippen LogP contribution in [0.25, 0.3) is 0 Å². The molecule has 1 atom stereocenters. The second-order valence-corrected chi connectivity index (χ2v) is 8.59. The van der Waals surface area contributed by atoms with E-state index in [9.17, 15) is 0 Å². The summed E-state index contributed by atoms with van der Waals surface area (Å²) in [6.07, 6.45) is 3.83. The first-order valence-electron chi connectivity index (χ1n) is 6.14. The van der Waals surface area contributed by atoms with Crippen LogP contribution in [0.4, 0.5) is 0 Å². The molecule has 2 aromatic heterocycles. The van der Waals surface area contributed by atoms with E-state index in [4.69, 9.17) is 0 Å². The van der Waals surface area contributed by atoms with Crippen LogP contribution in [0.2, 0.25) is 0 Å². The normalized spacial score (nSPS) is 18.9. The molecule has 1 aliphatic rings. The molecule has 0 saturated heterocycles. The Bertz CT molecular complexity index is 547. The fourth-order valence-corrected chi connectivity index (χ4v) is 5.29. The number of aryl methyl sites for hydroxylation is 2. The van der Waals surface area contributed by atoms with E-state index >= 15 is 0 Å². The maximum atomic E-state index is 4.31. The molecular weight excluding hydrogens is 375 g/mol. The van der Waals surface area contributed by atoms with Crippen LogP contribution in [0.3, 0.4) is 0 Å². The Hall–Kier alpha value is 0.0200. The summed E-state index contributed by atoms with van der Waals surface area (Å²) in [5, 5.41) is 3.71. The molecule has 0 aliphatic heterocycles. The molecule has 2 aromatic rings. The van der Waals surface area contributed by atoms with Crippen LogP contribution in [0.15, 0.2) is 11.6 Å². The van der Waals surface area contributed by atoms with Crippen molar-refractivity contribution in [2.45, 2.75) is 38.8 Å². The van der Waals surface area contributed by atoms with Crippen LogP contribution in [0, 0.1) is 9.81 Å². The predicted octanol–water partition coefficient (Wildman–Crippen LogP) is 4.28. The molecule has 0 radical (unpaired) electrons. The Balaban J connectivity index is 1.73. The average molecular weight is 390 g/mol. The second kappa shape index (κ2) is 5.56. The van der Waals surface area contributed by atoms with Gasteiger partial charge in [-0.2, -0.15) is 0 Å². The van der Waals surface area contributed by atoms with Gasteiger partial charge in [-0.3, -0.25) is 0 Å². The zero-order valence-electron chi connectivity index (χ0n) is 10.2. The molecule has 18 heavy (non-hydrogen) atoms. The minimum atomic E-state index is 0.537. The van der Waals surface area contributed by atoms with Crippen molar-refractivity contribution in [2.75, 3.05) is 0 Å². The lowest BCUT2D eigenvalue weighted by Gasteiger charge is -2.23. The number of thiazole rings is 1. The second-order valence-electron chi connectivity index (χ2n) is 4.62. The van der Waals surface area contributed by atoms with Gasteiger partial charge in [0.05, 0.1) is 14.1 Å². The summed E-state index contributed by atoms with van der Waals surface area (Å²) in [6, 6.07) is 2.90. The van der Waals surface area contributed by atoms with Crippen molar-refractivity contribution in [3.63, 3.8) is 0 Å². The predicted molar refractivity (Wildman–Crippen MR) is 86.4 cm³/mol. The minimum Gasteiger partial charge on any atom is -0.305 e. The maximum absolute atomic E-state index is 4.31. The highest BCUT2D eigenvalue weighted by Gasteiger charge is 2.22. The Kier molecular flexibility index (Phi) is 4.03. The lowest BCUT2D eigenvalue weighted by molar-refractivity contribution is 0.464. The lowest BCUT2D eigenvalue weighted by atomic mass is 9.94. The third-order valence-electron chi connectivity index (χ3n) is 3.44. The van der Waals surface area contributed by atoms with E-state index in [1.54, 1.807) is 16.2 Å². The monoisotopic (exact) mass is 390 g/mol. The van der Waals surface area contributed by atoms with Crippen molar-refractivity contribution in [3.8, 4) is 0 Å². The molecule has 3 rings (SSSR count). The van der Waals surface area contributed by atoms with Crippen molar-refractivity contribution in [1.82, 2.24) is 10.3 Å². The van der Waals surface area contributed by atoms with Gasteiger partial charge in [0.2, 0.25) is 0 Å². The molecule has 0 spiro atoms. The van der Waals surface area contributed by atoms with Gasteiger partial charge in [-0.25, -0.2) is 4.98 Å². The van der Waals surface area contributed by atoms with Gasteiger partial charge in [-0.15, -0.1) is 22.7 Å². The van der Waals surface area contributed by atoms with E-state index in [2.05, 4.69) is 45.9 Å². The summed E-state index contributed by atoms with van der Waals surface area (Å²) in [5.41, 5.74) is 4.65. The number of hydrogen-bond acceptors (Lipinski definition) is 4. The zero-order valence-corrected chi connectivity index (χ0v) is 14.0. The van der Waals surface area contributed by atoms with Gasteiger partial charge in [0.1, 0.15) is 0 Å².